The second-order valence-electron chi connectivity index (χ2n) is 6.85. The molecule has 1 unspecified atom stereocenters. The fraction of sp³-hybridized carbons (Fsp3) is 0.500. The van der Waals surface area contributed by atoms with Gasteiger partial charge in [-0.2, -0.15) is 0 Å². The maximum atomic E-state index is 13.4. The molecule has 5 heteroatoms. The van der Waals surface area contributed by atoms with Crippen LogP contribution in [-0.4, -0.2) is 41.7 Å². The molecule has 0 spiro atoms. The molecule has 3 atom stereocenters. The molecule has 122 valence electrons. The number of benzene rings is 1. The summed E-state index contributed by atoms with van der Waals surface area (Å²) in [6.45, 7) is 1.61. The Morgan fingerprint density at radius 3 is 2.57 bits per heavy atom. The molecule has 0 N–H and O–H groups in total. The average Bonchev–Trinajstić information content (AvgIpc) is 3.17. The number of hydrogen-bond donors (Lipinski definition) is 0. The van der Waals surface area contributed by atoms with E-state index in [4.69, 9.17) is 4.74 Å². The predicted octanol–water partition coefficient (Wildman–Crippen LogP) is 2.81. The van der Waals surface area contributed by atoms with Crippen LogP contribution in [0.25, 0.3) is 10.9 Å². The number of amides is 1. The molecule has 1 aliphatic carbocycles. The van der Waals surface area contributed by atoms with Gasteiger partial charge in [0.15, 0.2) is 0 Å². The molecule has 2 aliphatic rings. The molecular weight excluding hydrogens is 295 g/mol. The van der Waals surface area contributed by atoms with Crippen LogP contribution in [0.5, 0.6) is 0 Å². The Bertz CT molecular complexity index is 756. The minimum atomic E-state index is -0.275. The van der Waals surface area contributed by atoms with E-state index in [9.17, 15) is 9.18 Å². The van der Waals surface area contributed by atoms with E-state index in [1.165, 1.54) is 12.1 Å². The van der Waals surface area contributed by atoms with Crippen molar-refractivity contribution < 1.29 is 13.9 Å². The number of halogens is 1. The minimum absolute atomic E-state index is 0.0486. The summed E-state index contributed by atoms with van der Waals surface area (Å²) in [5.74, 6) is 0.878. The number of aryl methyl sites for hydroxylation is 1. The Hall–Kier alpha value is -1.88. The summed E-state index contributed by atoms with van der Waals surface area (Å²) in [4.78, 5) is 14.8. The SMILES string of the molecule is COC1C[C@@H]2CN(C(=O)c3cc4cc(F)ccc4n3C)C[C@@H]2C1. The second kappa shape index (κ2) is 5.34. The van der Waals surface area contributed by atoms with Crippen molar-refractivity contribution in [3.05, 3.63) is 35.8 Å². The molecule has 1 aromatic heterocycles. The molecular formula is C18H21FN2O2. The van der Waals surface area contributed by atoms with E-state index in [0.29, 0.717) is 23.6 Å². The van der Waals surface area contributed by atoms with Crippen LogP contribution in [0.1, 0.15) is 23.3 Å². The quantitative estimate of drug-likeness (QED) is 0.854. The van der Waals surface area contributed by atoms with Crippen LogP contribution in [0.3, 0.4) is 0 Å². The summed E-state index contributed by atoms with van der Waals surface area (Å²) in [5, 5.41) is 0.773. The predicted molar refractivity (Wildman–Crippen MR) is 85.8 cm³/mol. The first kappa shape index (κ1) is 14.7. The lowest BCUT2D eigenvalue weighted by Crippen LogP contribution is -2.31. The number of ether oxygens (including phenoxy) is 1. The minimum Gasteiger partial charge on any atom is -0.381 e. The Labute approximate surface area is 134 Å². The van der Waals surface area contributed by atoms with Gasteiger partial charge in [-0.3, -0.25) is 4.79 Å². The van der Waals surface area contributed by atoms with Gasteiger partial charge in [0.1, 0.15) is 11.5 Å². The van der Waals surface area contributed by atoms with Gasteiger partial charge in [-0.25, -0.2) is 4.39 Å². The van der Waals surface area contributed by atoms with Crippen molar-refractivity contribution in [3.63, 3.8) is 0 Å². The molecule has 0 radical (unpaired) electrons. The Morgan fingerprint density at radius 2 is 1.91 bits per heavy atom. The van der Waals surface area contributed by atoms with Gasteiger partial charge in [0.25, 0.3) is 5.91 Å². The number of rotatable bonds is 2. The summed E-state index contributed by atoms with van der Waals surface area (Å²) in [7, 11) is 3.63. The van der Waals surface area contributed by atoms with Gasteiger partial charge in [0.2, 0.25) is 0 Å². The van der Waals surface area contributed by atoms with Crippen molar-refractivity contribution in [1.29, 1.82) is 0 Å². The first-order valence-corrected chi connectivity index (χ1v) is 8.14. The van der Waals surface area contributed by atoms with E-state index in [1.54, 1.807) is 19.2 Å². The fourth-order valence-corrected chi connectivity index (χ4v) is 4.29. The van der Waals surface area contributed by atoms with E-state index >= 15 is 0 Å². The lowest BCUT2D eigenvalue weighted by Gasteiger charge is -2.19. The zero-order chi connectivity index (χ0) is 16.1. The Kier molecular flexibility index (Phi) is 3.41. The highest BCUT2D eigenvalue weighted by atomic mass is 19.1. The summed E-state index contributed by atoms with van der Waals surface area (Å²) in [5.41, 5.74) is 1.52. The van der Waals surface area contributed by atoms with Crippen LogP contribution >= 0.6 is 0 Å². The number of hydrogen-bond acceptors (Lipinski definition) is 2. The molecule has 2 fully saturated rings. The van der Waals surface area contributed by atoms with Gasteiger partial charge < -0.3 is 14.2 Å². The van der Waals surface area contributed by atoms with Crippen molar-refractivity contribution in [1.82, 2.24) is 9.47 Å². The molecule has 1 saturated carbocycles. The summed E-state index contributed by atoms with van der Waals surface area (Å²) in [6, 6.07) is 6.44. The molecule has 2 aromatic rings. The van der Waals surface area contributed by atoms with Gasteiger partial charge in [0, 0.05) is 38.1 Å². The van der Waals surface area contributed by atoms with E-state index in [1.807, 2.05) is 16.5 Å². The highest BCUT2D eigenvalue weighted by Crippen LogP contribution is 2.39. The van der Waals surface area contributed by atoms with Crippen LogP contribution in [0.2, 0.25) is 0 Å². The number of methoxy groups -OCH3 is 1. The molecule has 2 heterocycles. The molecule has 1 saturated heterocycles. The van der Waals surface area contributed by atoms with Crippen LogP contribution in [0.4, 0.5) is 4.39 Å². The van der Waals surface area contributed by atoms with E-state index in [-0.39, 0.29) is 11.7 Å². The van der Waals surface area contributed by atoms with Crippen LogP contribution in [-0.2, 0) is 11.8 Å². The number of carbonyl (C=O) groups is 1. The lowest BCUT2D eigenvalue weighted by molar-refractivity contribution is 0.0723. The number of aromatic nitrogens is 1. The van der Waals surface area contributed by atoms with Gasteiger partial charge in [0.05, 0.1) is 6.10 Å². The highest BCUT2D eigenvalue weighted by molar-refractivity contribution is 5.98. The van der Waals surface area contributed by atoms with E-state index in [2.05, 4.69) is 0 Å². The standard InChI is InChI=1S/C18H21FN2O2/c1-20-16-4-3-14(19)5-11(16)8-17(20)18(22)21-9-12-6-15(23-2)7-13(12)10-21/h3-5,8,12-13,15H,6-7,9-10H2,1-2H3/t12-,13+,15?. The highest BCUT2D eigenvalue weighted by Gasteiger charge is 2.42. The average molecular weight is 316 g/mol. The number of fused-ring (bicyclic) bond motifs is 2. The largest absolute Gasteiger partial charge is 0.381 e. The second-order valence-corrected chi connectivity index (χ2v) is 6.85. The van der Waals surface area contributed by atoms with Crippen LogP contribution in [0.15, 0.2) is 24.3 Å². The van der Waals surface area contributed by atoms with Crippen molar-refractivity contribution in [2.24, 2.45) is 18.9 Å². The van der Waals surface area contributed by atoms with Crippen molar-refractivity contribution in [2.45, 2.75) is 18.9 Å². The van der Waals surface area contributed by atoms with Crippen LogP contribution < -0.4 is 0 Å². The molecule has 23 heavy (non-hydrogen) atoms. The summed E-state index contributed by atoms with van der Waals surface area (Å²) in [6.07, 6.45) is 2.44. The zero-order valence-corrected chi connectivity index (χ0v) is 13.5. The fourth-order valence-electron chi connectivity index (χ4n) is 4.29. The maximum Gasteiger partial charge on any atom is 0.270 e. The lowest BCUT2D eigenvalue weighted by atomic mass is 10.0. The van der Waals surface area contributed by atoms with E-state index in [0.717, 1.165) is 36.8 Å². The summed E-state index contributed by atoms with van der Waals surface area (Å²) < 4.78 is 20.7. The monoisotopic (exact) mass is 316 g/mol. The third-order valence-corrected chi connectivity index (χ3v) is 5.55. The number of nitrogens with zero attached hydrogens (tertiary/aromatic N) is 2. The normalized spacial score (nSPS) is 26.9. The smallest absolute Gasteiger partial charge is 0.270 e. The Balaban J connectivity index is 1.58. The van der Waals surface area contributed by atoms with Crippen LogP contribution in [0, 0.1) is 17.7 Å². The molecule has 0 bridgehead atoms. The van der Waals surface area contributed by atoms with Crippen molar-refractivity contribution in [2.75, 3.05) is 20.2 Å². The molecule has 4 nitrogen and oxygen atoms in total. The topological polar surface area (TPSA) is 34.5 Å². The third-order valence-electron chi connectivity index (χ3n) is 5.55. The molecule has 4 rings (SSSR count). The first-order chi connectivity index (χ1) is 11.1. The van der Waals surface area contributed by atoms with Gasteiger partial charge in [-0.1, -0.05) is 0 Å². The van der Waals surface area contributed by atoms with Crippen molar-refractivity contribution >= 4 is 16.8 Å². The van der Waals surface area contributed by atoms with E-state index < -0.39 is 0 Å². The Morgan fingerprint density at radius 1 is 1.22 bits per heavy atom. The molecule has 1 amide bonds. The molecule has 1 aliphatic heterocycles. The van der Waals surface area contributed by atoms with Gasteiger partial charge in [-0.15, -0.1) is 0 Å². The van der Waals surface area contributed by atoms with Gasteiger partial charge in [-0.05, 0) is 48.9 Å². The first-order valence-electron chi connectivity index (χ1n) is 8.14. The number of likely N-dealkylation sites (tertiary alicyclic amines) is 1. The van der Waals surface area contributed by atoms with Gasteiger partial charge >= 0.3 is 0 Å². The molecule has 1 aromatic carbocycles. The maximum absolute atomic E-state index is 13.4. The van der Waals surface area contributed by atoms with Crippen molar-refractivity contribution in [3.8, 4) is 0 Å². The third kappa shape index (κ3) is 2.34. The zero-order valence-electron chi connectivity index (χ0n) is 13.5. The number of carbonyl (C=O) groups excluding carboxylic acids is 1. The summed E-state index contributed by atoms with van der Waals surface area (Å²) >= 11 is 0.